The third-order valence-corrected chi connectivity index (χ3v) is 7.12. The molecule has 0 fully saturated rings. The molecule has 176 valence electrons. The summed E-state index contributed by atoms with van der Waals surface area (Å²) in [7, 11) is 0. The average Bonchev–Trinajstić information content (AvgIpc) is 3.07. The Kier molecular flexibility index (Phi) is 6.16. The van der Waals surface area contributed by atoms with Crippen LogP contribution in [0.4, 0.5) is 13.2 Å². The average molecular weight is 476 g/mol. The van der Waals surface area contributed by atoms with Gasteiger partial charge in [0, 0.05) is 27.1 Å². The first-order chi connectivity index (χ1) is 15.4. The van der Waals surface area contributed by atoms with Crippen molar-refractivity contribution in [3.8, 4) is 11.1 Å². The number of carbonyl (C=O) groups is 1. The van der Waals surface area contributed by atoms with E-state index in [1.54, 1.807) is 11.3 Å². The molecule has 3 aromatic rings. The molecule has 7 heteroatoms. The van der Waals surface area contributed by atoms with E-state index in [9.17, 15) is 18.0 Å². The molecule has 0 N–H and O–H groups in total. The molecule has 2 heterocycles. The molecule has 0 aliphatic heterocycles. The SMILES string of the molecule is CC(=O)[C@@H](OC(C)(C)C)c1c(C)nc2sc3c(c2c1-c1ccc(C(F)(F)F)cc1)CCCC3. The molecule has 0 unspecified atom stereocenters. The van der Waals surface area contributed by atoms with E-state index in [0.717, 1.165) is 53.6 Å². The van der Waals surface area contributed by atoms with Crippen molar-refractivity contribution in [1.82, 2.24) is 4.98 Å². The number of benzene rings is 1. The zero-order chi connectivity index (χ0) is 24.1. The predicted molar refractivity (Wildman–Crippen MR) is 126 cm³/mol. The van der Waals surface area contributed by atoms with Crippen LogP contribution < -0.4 is 0 Å². The van der Waals surface area contributed by atoms with E-state index in [1.807, 2.05) is 27.7 Å². The molecule has 3 nitrogen and oxygen atoms in total. The van der Waals surface area contributed by atoms with Gasteiger partial charge in [0.25, 0.3) is 0 Å². The lowest BCUT2D eigenvalue weighted by Gasteiger charge is -2.29. The van der Waals surface area contributed by atoms with Crippen LogP contribution in [0, 0.1) is 6.92 Å². The van der Waals surface area contributed by atoms with E-state index < -0.39 is 23.4 Å². The minimum Gasteiger partial charge on any atom is -0.360 e. The van der Waals surface area contributed by atoms with Gasteiger partial charge >= 0.3 is 6.18 Å². The van der Waals surface area contributed by atoms with Crippen molar-refractivity contribution in [1.29, 1.82) is 0 Å². The number of fused-ring (bicyclic) bond motifs is 3. The molecule has 0 amide bonds. The molecule has 33 heavy (non-hydrogen) atoms. The van der Waals surface area contributed by atoms with E-state index in [-0.39, 0.29) is 5.78 Å². The van der Waals surface area contributed by atoms with Gasteiger partial charge in [-0.05, 0) is 83.6 Å². The van der Waals surface area contributed by atoms with Gasteiger partial charge in [-0.3, -0.25) is 4.79 Å². The molecular formula is C26H28F3NO2S. The zero-order valence-corrected chi connectivity index (χ0v) is 20.3. The molecule has 0 saturated carbocycles. The molecule has 0 saturated heterocycles. The minimum absolute atomic E-state index is 0.161. The van der Waals surface area contributed by atoms with E-state index in [0.29, 0.717) is 16.8 Å². The second-order valence-electron chi connectivity index (χ2n) is 9.67. The fourth-order valence-corrected chi connectivity index (χ4v) is 5.88. The van der Waals surface area contributed by atoms with Crippen molar-refractivity contribution in [2.45, 2.75) is 78.2 Å². The number of hydrogen-bond donors (Lipinski definition) is 0. The molecule has 1 aromatic carbocycles. The predicted octanol–water partition coefficient (Wildman–Crippen LogP) is 7.61. The largest absolute Gasteiger partial charge is 0.416 e. The summed E-state index contributed by atoms with van der Waals surface area (Å²) in [6.45, 7) is 8.99. The van der Waals surface area contributed by atoms with Gasteiger partial charge in [0.1, 0.15) is 10.9 Å². The third kappa shape index (κ3) is 4.71. The number of aryl methyl sites for hydroxylation is 3. The molecule has 0 spiro atoms. The molecule has 1 aliphatic carbocycles. The maximum Gasteiger partial charge on any atom is 0.416 e. The van der Waals surface area contributed by atoms with Crippen LogP contribution in [0.15, 0.2) is 24.3 Å². The number of alkyl halides is 3. The first-order valence-electron chi connectivity index (χ1n) is 11.2. The van der Waals surface area contributed by atoms with Crippen LogP contribution in [0.3, 0.4) is 0 Å². The monoisotopic (exact) mass is 475 g/mol. The Morgan fingerprint density at radius 1 is 1.09 bits per heavy atom. The zero-order valence-electron chi connectivity index (χ0n) is 19.5. The Balaban J connectivity index is 2.05. The molecular weight excluding hydrogens is 447 g/mol. The van der Waals surface area contributed by atoms with E-state index in [1.165, 1.54) is 29.5 Å². The number of nitrogens with zero attached hydrogens (tertiary/aromatic N) is 1. The number of ketones is 1. The van der Waals surface area contributed by atoms with Crippen molar-refractivity contribution in [2.75, 3.05) is 0 Å². The highest BCUT2D eigenvalue weighted by atomic mass is 32.1. The minimum atomic E-state index is -4.41. The van der Waals surface area contributed by atoms with Crippen LogP contribution >= 0.6 is 11.3 Å². The topological polar surface area (TPSA) is 39.2 Å². The van der Waals surface area contributed by atoms with Crippen molar-refractivity contribution >= 4 is 27.3 Å². The quantitative estimate of drug-likeness (QED) is 0.390. The molecule has 0 radical (unpaired) electrons. The van der Waals surface area contributed by atoms with Gasteiger partial charge in [-0.2, -0.15) is 13.2 Å². The second-order valence-corrected chi connectivity index (χ2v) is 10.8. The Bertz CT molecular complexity index is 1200. The molecule has 0 bridgehead atoms. The van der Waals surface area contributed by atoms with Crippen molar-refractivity contribution in [3.63, 3.8) is 0 Å². The van der Waals surface area contributed by atoms with Crippen LogP contribution in [-0.4, -0.2) is 16.4 Å². The normalized spacial score (nSPS) is 15.5. The Hall–Kier alpha value is -2.25. The van der Waals surface area contributed by atoms with Crippen LogP contribution in [0.5, 0.6) is 0 Å². The lowest BCUT2D eigenvalue weighted by molar-refractivity contribution is -0.139. The number of carbonyl (C=O) groups excluding carboxylic acids is 1. The smallest absolute Gasteiger partial charge is 0.360 e. The van der Waals surface area contributed by atoms with E-state index >= 15 is 0 Å². The first kappa shape index (κ1) is 23.9. The lowest BCUT2D eigenvalue weighted by atomic mass is 9.87. The summed E-state index contributed by atoms with van der Waals surface area (Å²) in [5.74, 6) is -0.161. The number of thiophene rings is 1. The summed E-state index contributed by atoms with van der Waals surface area (Å²) in [4.78, 5) is 19.8. The van der Waals surface area contributed by atoms with E-state index in [4.69, 9.17) is 9.72 Å². The number of hydrogen-bond acceptors (Lipinski definition) is 4. The van der Waals surface area contributed by atoms with Crippen molar-refractivity contribution in [3.05, 3.63) is 51.5 Å². The molecule has 1 aliphatic rings. The van der Waals surface area contributed by atoms with E-state index in [2.05, 4.69) is 0 Å². The highest BCUT2D eigenvalue weighted by molar-refractivity contribution is 7.19. The molecule has 2 aromatic heterocycles. The first-order valence-corrected chi connectivity index (χ1v) is 12.0. The summed E-state index contributed by atoms with van der Waals surface area (Å²) in [6, 6.07) is 5.21. The standard InChI is InChI=1S/C26H28F3NO2S/c1-14-20(23(15(2)31)32-25(3,4)5)21(16-10-12-17(13-11-16)26(27,28)29)22-18-8-6-7-9-19(18)33-24(22)30-14/h10-13,23H,6-9H2,1-5H3/t23-/m1/s1. The fourth-order valence-electron chi connectivity index (χ4n) is 4.56. The highest BCUT2D eigenvalue weighted by Gasteiger charge is 2.33. The molecule has 1 atom stereocenters. The number of rotatable bonds is 4. The van der Waals surface area contributed by atoms with Gasteiger partial charge in [-0.15, -0.1) is 11.3 Å². The maximum atomic E-state index is 13.2. The van der Waals surface area contributed by atoms with Crippen molar-refractivity contribution in [2.24, 2.45) is 0 Å². The van der Waals surface area contributed by atoms with Crippen molar-refractivity contribution < 1.29 is 22.7 Å². The second kappa shape index (κ2) is 8.51. The summed E-state index contributed by atoms with van der Waals surface area (Å²) >= 11 is 1.66. The van der Waals surface area contributed by atoms with Gasteiger partial charge in [0.2, 0.25) is 0 Å². The van der Waals surface area contributed by atoms with Crippen LogP contribution in [0.25, 0.3) is 21.3 Å². The number of halogens is 3. The van der Waals surface area contributed by atoms with Gasteiger partial charge in [0.05, 0.1) is 11.2 Å². The Morgan fingerprint density at radius 2 is 1.73 bits per heavy atom. The third-order valence-electron chi connectivity index (χ3n) is 5.93. The summed E-state index contributed by atoms with van der Waals surface area (Å²) in [5, 5.41) is 0.957. The number of aromatic nitrogens is 1. The summed E-state index contributed by atoms with van der Waals surface area (Å²) in [5.41, 5.74) is 2.65. The Morgan fingerprint density at radius 3 is 2.30 bits per heavy atom. The van der Waals surface area contributed by atoms with Crippen LogP contribution in [0.1, 0.15) is 73.9 Å². The van der Waals surface area contributed by atoms with Gasteiger partial charge in [-0.1, -0.05) is 12.1 Å². The molecule has 4 rings (SSSR count). The van der Waals surface area contributed by atoms with Crippen LogP contribution in [-0.2, 0) is 28.5 Å². The lowest BCUT2D eigenvalue weighted by Crippen LogP contribution is -2.27. The fraction of sp³-hybridized carbons (Fsp3) is 0.462. The number of pyridine rings is 1. The summed E-state index contributed by atoms with van der Waals surface area (Å²) < 4.78 is 45.9. The Labute approximate surface area is 196 Å². The van der Waals surface area contributed by atoms with Gasteiger partial charge < -0.3 is 4.74 Å². The highest BCUT2D eigenvalue weighted by Crippen LogP contribution is 2.46. The van der Waals surface area contributed by atoms with Gasteiger partial charge in [0.15, 0.2) is 5.78 Å². The van der Waals surface area contributed by atoms with Crippen LogP contribution in [0.2, 0.25) is 0 Å². The summed E-state index contributed by atoms with van der Waals surface area (Å²) in [6.07, 6.45) is -1.22. The maximum absolute atomic E-state index is 13.2. The van der Waals surface area contributed by atoms with Gasteiger partial charge in [-0.25, -0.2) is 4.98 Å². The number of Topliss-reactive ketones (excluding diaryl/α,β-unsaturated/α-hetero) is 1. The number of ether oxygens (including phenoxy) is 1.